The van der Waals surface area contributed by atoms with Gasteiger partial charge in [-0.25, -0.2) is 4.39 Å². The highest BCUT2D eigenvalue weighted by Crippen LogP contribution is 2.41. The van der Waals surface area contributed by atoms with Crippen LogP contribution in [0.15, 0.2) is 59.1 Å². The van der Waals surface area contributed by atoms with Gasteiger partial charge in [0.2, 0.25) is 5.60 Å². The quantitative estimate of drug-likeness (QED) is 0.745. The first-order valence-corrected chi connectivity index (χ1v) is 7.01. The molecule has 0 aliphatic rings. The number of alkyl halides is 3. The molecule has 2 rings (SSSR count). The maximum Gasteiger partial charge on any atom is 0.425 e. The van der Waals surface area contributed by atoms with E-state index in [0.29, 0.717) is 16.1 Å². The predicted molar refractivity (Wildman–Crippen MR) is 79.5 cm³/mol. The third kappa shape index (κ3) is 3.56. The van der Waals surface area contributed by atoms with Crippen LogP contribution >= 0.6 is 15.9 Å². The second-order valence-corrected chi connectivity index (χ2v) is 5.58. The molecule has 0 amide bonds. The highest BCUT2D eigenvalue weighted by molar-refractivity contribution is 9.10. The van der Waals surface area contributed by atoms with Gasteiger partial charge in [0.25, 0.3) is 0 Å². The molecule has 0 aliphatic heterocycles. The first-order chi connectivity index (χ1) is 10.2. The molecule has 2 aromatic rings. The van der Waals surface area contributed by atoms with Crippen molar-refractivity contribution >= 4 is 22.0 Å². The normalized spacial score (nSPS) is 15.0. The number of aliphatic hydroxyl groups is 1. The fourth-order valence-corrected chi connectivity index (χ4v) is 2.27. The zero-order chi connectivity index (χ0) is 16.4. The van der Waals surface area contributed by atoms with Crippen LogP contribution in [0.3, 0.4) is 0 Å². The van der Waals surface area contributed by atoms with Gasteiger partial charge in [-0.15, -0.1) is 0 Å². The number of rotatable bonds is 3. The minimum absolute atomic E-state index is 0.312. The lowest BCUT2D eigenvalue weighted by molar-refractivity contribution is -0.244. The van der Waals surface area contributed by atoms with Crippen molar-refractivity contribution in [3.63, 3.8) is 0 Å². The SMILES string of the molecule is OC(C=Cc1ccc(F)cc1)(c1cccc(Br)c1)C(F)(F)F. The van der Waals surface area contributed by atoms with Gasteiger partial charge in [-0.1, -0.05) is 46.3 Å². The van der Waals surface area contributed by atoms with Gasteiger partial charge in [-0.05, 0) is 41.5 Å². The Balaban J connectivity index is 2.44. The molecule has 0 heterocycles. The minimum atomic E-state index is -4.90. The molecule has 22 heavy (non-hydrogen) atoms. The Labute approximate surface area is 133 Å². The molecule has 116 valence electrons. The first kappa shape index (κ1) is 16.7. The Morgan fingerprint density at radius 1 is 1.00 bits per heavy atom. The summed E-state index contributed by atoms with van der Waals surface area (Å²) in [5.41, 5.74) is -3.10. The van der Waals surface area contributed by atoms with Crippen LogP contribution in [0.5, 0.6) is 0 Å². The molecule has 1 nitrogen and oxygen atoms in total. The average molecular weight is 375 g/mol. The van der Waals surface area contributed by atoms with Crippen LogP contribution in [-0.4, -0.2) is 11.3 Å². The lowest BCUT2D eigenvalue weighted by Crippen LogP contribution is -2.40. The van der Waals surface area contributed by atoms with Gasteiger partial charge in [0, 0.05) is 4.47 Å². The summed E-state index contributed by atoms with van der Waals surface area (Å²) in [6, 6.07) is 10.3. The Bertz CT molecular complexity index is 679. The molecule has 0 saturated heterocycles. The zero-order valence-corrected chi connectivity index (χ0v) is 12.7. The molecule has 0 aromatic heterocycles. The summed E-state index contributed by atoms with van der Waals surface area (Å²) in [4.78, 5) is 0. The van der Waals surface area contributed by atoms with E-state index < -0.39 is 17.6 Å². The summed E-state index contributed by atoms with van der Waals surface area (Å²) in [6.45, 7) is 0. The maximum absolute atomic E-state index is 13.3. The van der Waals surface area contributed by atoms with Crippen molar-refractivity contribution < 1.29 is 22.7 Å². The van der Waals surface area contributed by atoms with E-state index in [9.17, 15) is 22.7 Å². The van der Waals surface area contributed by atoms with Crippen LogP contribution in [0.4, 0.5) is 17.6 Å². The Morgan fingerprint density at radius 2 is 1.64 bits per heavy atom. The van der Waals surface area contributed by atoms with Gasteiger partial charge in [0.15, 0.2) is 0 Å². The summed E-state index contributed by atoms with van der Waals surface area (Å²) in [7, 11) is 0. The van der Waals surface area contributed by atoms with Crippen molar-refractivity contribution in [3.05, 3.63) is 76.0 Å². The smallest absolute Gasteiger partial charge is 0.373 e. The third-order valence-corrected chi connectivity index (χ3v) is 3.58. The van der Waals surface area contributed by atoms with Gasteiger partial charge in [-0.3, -0.25) is 0 Å². The maximum atomic E-state index is 13.3. The van der Waals surface area contributed by atoms with E-state index in [-0.39, 0.29) is 5.56 Å². The average Bonchev–Trinajstić information content (AvgIpc) is 2.45. The van der Waals surface area contributed by atoms with Gasteiger partial charge in [0.05, 0.1) is 0 Å². The van der Waals surface area contributed by atoms with Crippen LogP contribution in [0.25, 0.3) is 6.08 Å². The Kier molecular flexibility index (Phi) is 4.72. The van der Waals surface area contributed by atoms with Crippen LogP contribution in [0.2, 0.25) is 0 Å². The van der Waals surface area contributed by atoms with Gasteiger partial charge in [-0.2, -0.15) is 13.2 Å². The monoisotopic (exact) mass is 374 g/mol. The molecule has 0 fully saturated rings. The minimum Gasteiger partial charge on any atom is -0.373 e. The zero-order valence-electron chi connectivity index (χ0n) is 11.1. The van der Waals surface area contributed by atoms with Gasteiger partial charge >= 0.3 is 6.18 Å². The molecular formula is C16H11BrF4O. The van der Waals surface area contributed by atoms with Crippen LogP contribution in [-0.2, 0) is 5.60 Å². The molecule has 6 heteroatoms. The third-order valence-electron chi connectivity index (χ3n) is 3.08. The summed E-state index contributed by atoms with van der Waals surface area (Å²) in [6.07, 6.45) is -3.14. The van der Waals surface area contributed by atoms with Crippen molar-refractivity contribution in [2.24, 2.45) is 0 Å². The molecule has 0 spiro atoms. The molecule has 1 unspecified atom stereocenters. The largest absolute Gasteiger partial charge is 0.425 e. The number of hydrogen-bond acceptors (Lipinski definition) is 1. The number of halogens is 5. The summed E-state index contributed by atoms with van der Waals surface area (Å²) in [5.74, 6) is -0.491. The lowest BCUT2D eigenvalue weighted by atomic mass is 9.92. The topological polar surface area (TPSA) is 20.2 Å². The van der Waals surface area contributed by atoms with Crippen molar-refractivity contribution in [1.82, 2.24) is 0 Å². The van der Waals surface area contributed by atoms with Crippen LogP contribution < -0.4 is 0 Å². The van der Waals surface area contributed by atoms with E-state index in [1.165, 1.54) is 30.3 Å². The number of benzene rings is 2. The van der Waals surface area contributed by atoms with Crippen LogP contribution in [0.1, 0.15) is 11.1 Å². The van der Waals surface area contributed by atoms with Crippen molar-refractivity contribution in [1.29, 1.82) is 0 Å². The van der Waals surface area contributed by atoms with E-state index in [1.54, 1.807) is 6.07 Å². The molecule has 2 aromatic carbocycles. The number of hydrogen-bond donors (Lipinski definition) is 1. The van der Waals surface area contributed by atoms with Gasteiger partial charge < -0.3 is 5.11 Å². The summed E-state index contributed by atoms with van der Waals surface area (Å²) < 4.78 is 53.2. The van der Waals surface area contributed by atoms with Crippen molar-refractivity contribution in [3.8, 4) is 0 Å². The Morgan fingerprint density at radius 3 is 2.18 bits per heavy atom. The van der Waals surface area contributed by atoms with Gasteiger partial charge in [0.1, 0.15) is 5.82 Å². The Hall–Kier alpha value is -1.66. The van der Waals surface area contributed by atoms with E-state index in [0.717, 1.165) is 18.2 Å². The first-order valence-electron chi connectivity index (χ1n) is 6.22. The molecule has 0 bridgehead atoms. The van der Waals surface area contributed by atoms with E-state index >= 15 is 0 Å². The fourth-order valence-electron chi connectivity index (χ4n) is 1.87. The molecule has 1 atom stereocenters. The van der Waals surface area contributed by atoms with Crippen molar-refractivity contribution in [2.75, 3.05) is 0 Å². The fraction of sp³-hybridized carbons (Fsp3) is 0.125. The summed E-state index contributed by atoms with van der Waals surface area (Å²) >= 11 is 3.08. The molecule has 1 N–H and O–H groups in total. The summed E-state index contributed by atoms with van der Waals surface area (Å²) in [5, 5.41) is 10.2. The lowest BCUT2D eigenvalue weighted by Gasteiger charge is -2.28. The second-order valence-electron chi connectivity index (χ2n) is 4.66. The van der Waals surface area contributed by atoms with Crippen molar-refractivity contribution in [2.45, 2.75) is 11.8 Å². The second kappa shape index (κ2) is 6.22. The molecule has 0 aliphatic carbocycles. The van der Waals surface area contributed by atoms with E-state index in [1.807, 2.05) is 0 Å². The highest BCUT2D eigenvalue weighted by atomic mass is 79.9. The van der Waals surface area contributed by atoms with Crippen LogP contribution in [0, 0.1) is 5.82 Å². The highest BCUT2D eigenvalue weighted by Gasteiger charge is 2.53. The predicted octanol–water partition coefficient (Wildman–Crippen LogP) is 5.05. The molecule has 0 radical (unpaired) electrons. The van der Waals surface area contributed by atoms with E-state index in [2.05, 4.69) is 15.9 Å². The standard InChI is InChI=1S/C16H11BrF4O/c17-13-3-1-2-12(10-13)15(22,16(19,20)21)9-8-11-4-6-14(18)7-5-11/h1-10,22H. The molecule has 0 saturated carbocycles. The molecular weight excluding hydrogens is 364 g/mol. The van der Waals surface area contributed by atoms with E-state index in [4.69, 9.17) is 0 Å².